The summed E-state index contributed by atoms with van der Waals surface area (Å²) in [7, 11) is -3.17. The van der Waals surface area contributed by atoms with Crippen LogP contribution >= 0.6 is 0 Å². The summed E-state index contributed by atoms with van der Waals surface area (Å²) in [5.41, 5.74) is 4.38. The largest absolute Gasteiger partial charge is 0.481 e. The highest BCUT2D eigenvalue weighted by Gasteiger charge is 2.33. The normalized spacial score (nSPS) is 20.5. The van der Waals surface area contributed by atoms with Crippen molar-refractivity contribution >= 4 is 21.7 Å². The molecule has 9 heteroatoms. The Balaban J connectivity index is 1.80. The highest BCUT2D eigenvalue weighted by molar-refractivity contribution is 7.91. The van der Waals surface area contributed by atoms with Gasteiger partial charge >= 0.3 is 0 Å². The molecule has 1 aromatic carbocycles. The van der Waals surface area contributed by atoms with Crippen LogP contribution in [-0.4, -0.2) is 37.8 Å². The molecule has 23 heavy (non-hydrogen) atoms. The van der Waals surface area contributed by atoms with Gasteiger partial charge in [-0.1, -0.05) is 0 Å². The van der Waals surface area contributed by atoms with E-state index in [-0.39, 0.29) is 17.9 Å². The van der Waals surface area contributed by atoms with Crippen LogP contribution in [0, 0.1) is 11.7 Å². The number of hydrogen-bond acceptors (Lipinski definition) is 5. The van der Waals surface area contributed by atoms with Gasteiger partial charge in [-0.05, 0) is 37.6 Å². The van der Waals surface area contributed by atoms with E-state index in [2.05, 4.69) is 10.9 Å². The molecule has 0 aromatic heterocycles. The third-order valence-corrected chi connectivity index (χ3v) is 5.18. The van der Waals surface area contributed by atoms with Crippen molar-refractivity contribution in [2.24, 2.45) is 5.92 Å². The fourth-order valence-corrected chi connectivity index (χ4v) is 3.84. The van der Waals surface area contributed by atoms with E-state index in [1.165, 1.54) is 31.2 Å². The molecule has 0 saturated carbocycles. The summed E-state index contributed by atoms with van der Waals surface area (Å²) >= 11 is 0. The second kappa shape index (κ2) is 6.95. The molecule has 1 saturated heterocycles. The van der Waals surface area contributed by atoms with Crippen molar-refractivity contribution in [1.82, 2.24) is 10.9 Å². The second-order valence-electron chi connectivity index (χ2n) is 5.29. The van der Waals surface area contributed by atoms with E-state index < -0.39 is 39.5 Å². The first-order valence-electron chi connectivity index (χ1n) is 6.99. The maximum Gasteiger partial charge on any atom is 0.279 e. The van der Waals surface area contributed by atoms with E-state index in [1.807, 2.05) is 0 Å². The van der Waals surface area contributed by atoms with Gasteiger partial charge in [0.2, 0.25) is 5.91 Å². The van der Waals surface area contributed by atoms with Crippen LogP contribution in [0.5, 0.6) is 5.75 Å². The van der Waals surface area contributed by atoms with E-state index >= 15 is 0 Å². The van der Waals surface area contributed by atoms with Crippen LogP contribution in [-0.2, 0) is 19.4 Å². The molecule has 0 unspecified atom stereocenters. The first-order valence-corrected chi connectivity index (χ1v) is 8.81. The van der Waals surface area contributed by atoms with Crippen LogP contribution in [0.2, 0.25) is 0 Å². The molecule has 0 radical (unpaired) electrons. The Hall–Kier alpha value is -2.16. The van der Waals surface area contributed by atoms with Gasteiger partial charge in [-0.2, -0.15) is 0 Å². The fourth-order valence-electron chi connectivity index (χ4n) is 2.10. The lowest BCUT2D eigenvalue weighted by Crippen LogP contribution is -2.49. The van der Waals surface area contributed by atoms with Crippen LogP contribution < -0.4 is 15.6 Å². The lowest BCUT2D eigenvalue weighted by molar-refractivity contribution is -0.134. The molecule has 0 spiro atoms. The van der Waals surface area contributed by atoms with Gasteiger partial charge < -0.3 is 4.74 Å². The van der Waals surface area contributed by atoms with Crippen LogP contribution in [0.3, 0.4) is 0 Å². The molecule has 0 bridgehead atoms. The van der Waals surface area contributed by atoms with E-state index in [1.54, 1.807) is 0 Å². The lowest BCUT2D eigenvalue weighted by atomic mass is 10.1. The first-order chi connectivity index (χ1) is 10.8. The van der Waals surface area contributed by atoms with Crippen LogP contribution in [0.15, 0.2) is 24.3 Å². The fraction of sp³-hybridized carbons (Fsp3) is 0.429. The SMILES string of the molecule is C[C@H](Oc1ccc(F)cc1)C(=O)NNC(=O)[C@H]1CCS(=O)(=O)C1. The summed E-state index contributed by atoms with van der Waals surface area (Å²) in [4.78, 5) is 23.6. The van der Waals surface area contributed by atoms with Gasteiger partial charge in [0.05, 0.1) is 17.4 Å². The molecule has 2 amide bonds. The van der Waals surface area contributed by atoms with Crippen LogP contribution in [0.4, 0.5) is 4.39 Å². The van der Waals surface area contributed by atoms with Crippen LogP contribution in [0.1, 0.15) is 13.3 Å². The minimum Gasteiger partial charge on any atom is -0.481 e. The summed E-state index contributed by atoms with van der Waals surface area (Å²) in [6.07, 6.45) is -0.681. The molecule has 2 atom stereocenters. The topological polar surface area (TPSA) is 102 Å². The molecule has 7 nitrogen and oxygen atoms in total. The Labute approximate surface area is 133 Å². The van der Waals surface area contributed by atoms with Crippen molar-refractivity contribution in [3.05, 3.63) is 30.1 Å². The average molecular weight is 344 g/mol. The van der Waals surface area contributed by atoms with Crippen molar-refractivity contribution in [3.8, 4) is 5.75 Å². The molecule has 1 fully saturated rings. The van der Waals surface area contributed by atoms with Gasteiger partial charge in [-0.3, -0.25) is 20.4 Å². The van der Waals surface area contributed by atoms with E-state index in [0.717, 1.165) is 0 Å². The molecule has 2 rings (SSSR count). The highest BCUT2D eigenvalue weighted by Crippen LogP contribution is 2.18. The van der Waals surface area contributed by atoms with Gasteiger partial charge in [0.1, 0.15) is 11.6 Å². The number of hydrogen-bond donors (Lipinski definition) is 2. The zero-order valence-corrected chi connectivity index (χ0v) is 13.2. The summed E-state index contributed by atoms with van der Waals surface area (Å²) < 4.78 is 40.7. The standard InChI is InChI=1S/C14H17FN2O5S/c1-9(22-12-4-2-11(15)3-5-12)13(18)16-17-14(19)10-6-7-23(20,21)8-10/h2-5,9-10H,6-8H2,1H3,(H,16,18)(H,17,19)/t9-,10-/m0/s1. The smallest absolute Gasteiger partial charge is 0.279 e. The Kier molecular flexibility index (Phi) is 5.19. The Bertz CT molecular complexity index is 690. The average Bonchev–Trinajstić information content (AvgIpc) is 2.87. The van der Waals surface area contributed by atoms with Crippen molar-refractivity contribution < 1.29 is 27.1 Å². The summed E-state index contributed by atoms with van der Waals surface area (Å²) in [5.74, 6) is -2.17. The Morgan fingerprint density at radius 1 is 1.26 bits per heavy atom. The minimum atomic E-state index is -3.17. The van der Waals surface area contributed by atoms with Crippen molar-refractivity contribution in [3.63, 3.8) is 0 Å². The quantitative estimate of drug-likeness (QED) is 0.759. The molecular weight excluding hydrogens is 327 g/mol. The number of benzene rings is 1. The predicted octanol–water partition coefficient (Wildman–Crippen LogP) is 0.175. The zero-order valence-electron chi connectivity index (χ0n) is 12.4. The molecule has 2 N–H and O–H groups in total. The van der Waals surface area contributed by atoms with E-state index in [9.17, 15) is 22.4 Å². The monoisotopic (exact) mass is 344 g/mol. The van der Waals surface area contributed by atoms with Crippen molar-refractivity contribution in [2.45, 2.75) is 19.4 Å². The molecule has 1 aromatic rings. The molecule has 126 valence electrons. The van der Waals surface area contributed by atoms with Gasteiger partial charge in [-0.15, -0.1) is 0 Å². The van der Waals surface area contributed by atoms with Crippen molar-refractivity contribution in [2.75, 3.05) is 11.5 Å². The number of carbonyl (C=O) groups is 2. The number of ether oxygens (including phenoxy) is 1. The summed E-state index contributed by atoms with van der Waals surface area (Å²) in [6, 6.07) is 5.15. The third-order valence-electron chi connectivity index (χ3n) is 3.41. The first kappa shape index (κ1) is 17.2. The molecule has 0 aliphatic carbocycles. The minimum absolute atomic E-state index is 0.0247. The van der Waals surface area contributed by atoms with Gasteiger partial charge in [0.25, 0.3) is 5.91 Å². The molecule has 1 aliphatic heterocycles. The maximum absolute atomic E-state index is 12.8. The molecule has 1 heterocycles. The number of amides is 2. The lowest BCUT2D eigenvalue weighted by Gasteiger charge is -2.16. The van der Waals surface area contributed by atoms with E-state index in [4.69, 9.17) is 4.74 Å². The molecule has 1 aliphatic rings. The molecular formula is C14H17FN2O5S. The maximum atomic E-state index is 12.8. The van der Waals surface area contributed by atoms with Crippen LogP contribution in [0.25, 0.3) is 0 Å². The number of hydrazine groups is 1. The highest BCUT2D eigenvalue weighted by atomic mass is 32.2. The van der Waals surface area contributed by atoms with Crippen molar-refractivity contribution in [1.29, 1.82) is 0 Å². The number of rotatable bonds is 4. The summed E-state index contributed by atoms with van der Waals surface area (Å²) in [6.45, 7) is 1.46. The third kappa shape index (κ3) is 4.92. The number of halogens is 1. The zero-order chi connectivity index (χ0) is 17.0. The summed E-state index contributed by atoms with van der Waals surface area (Å²) in [5, 5.41) is 0. The second-order valence-corrected chi connectivity index (χ2v) is 7.52. The number of carbonyl (C=O) groups excluding carboxylic acids is 2. The Morgan fingerprint density at radius 2 is 1.91 bits per heavy atom. The van der Waals surface area contributed by atoms with Gasteiger partial charge in [0.15, 0.2) is 15.9 Å². The van der Waals surface area contributed by atoms with Gasteiger partial charge in [0, 0.05) is 0 Å². The number of sulfone groups is 1. The van der Waals surface area contributed by atoms with Gasteiger partial charge in [-0.25, -0.2) is 12.8 Å². The predicted molar refractivity (Wildman–Crippen MR) is 79.5 cm³/mol. The number of nitrogens with one attached hydrogen (secondary N) is 2. The van der Waals surface area contributed by atoms with E-state index in [0.29, 0.717) is 5.75 Å². The Morgan fingerprint density at radius 3 is 2.48 bits per heavy atom.